The molecular formula is C14H12BF2NO3. The molecule has 0 aliphatic heterocycles. The Morgan fingerprint density at radius 3 is 2.48 bits per heavy atom. The van der Waals surface area contributed by atoms with E-state index in [0.717, 1.165) is 12.1 Å². The summed E-state index contributed by atoms with van der Waals surface area (Å²) >= 11 is 0. The van der Waals surface area contributed by atoms with Crippen LogP contribution in [0.25, 0.3) is 0 Å². The Bertz CT molecular complexity index is 664. The Morgan fingerprint density at radius 1 is 1.10 bits per heavy atom. The highest BCUT2D eigenvalue weighted by Gasteiger charge is 2.18. The molecule has 4 nitrogen and oxygen atoms in total. The average molecular weight is 291 g/mol. The summed E-state index contributed by atoms with van der Waals surface area (Å²) in [6.45, 7) is -0.0279. The molecule has 0 fully saturated rings. The number of hydrogen-bond acceptors (Lipinski definition) is 3. The standard InChI is InChI=1S/C14H12BF2NO3/c16-12-4-2-1-3-10(12)8-18-14(19)9-5-6-13(17)11(7-9)15(20)21/h1-7,20-21H,8H2,(H,18,19). The van der Waals surface area contributed by atoms with Gasteiger partial charge in [0.2, 0.25) is 0 Å². The van der Waals surface area contributed by atoms with Crippen LogP contribution < -0.4 is 10.8 Å². The molecule has 0 aliphatic rings. The third-order valence-electron chi connectivity index (χ3n) is 2.93. The van der Waals surface area contributed by atoms with Crippen molar-refractivity contribution in [1.82, 2.24) is 5.32 Å². The smallest absolute Gasteiger partial charge is 0.423 e. The van der Waals surface area contributed by atoms with Crippen molar-refractivity contribution >= 4 is 18.5 Å². The molecule has 0 aliphatic carbocycles. The first-order chi connectivity index (χ1) is 9.99. The fourth-order valence-corrected chi connectivity index (χ4v) is 1.80. The van der Waals surface area contributed by atoms with Crippen molar-refractivity contribution in [3.63, 3.8) is 0 Å². The molecule has 2 rings (SSSR count). The molecule has 3 N–H and O–H groups in total. The van der Waals surface area contributed by atoms with Crippen LogP contribution in [0.5, 0.6) is 0 Å². The molecule has 0 atom stereocenters. The second kappa shape index (κ2) is 6.47. The van der Waals surface area contributed by atoms with Crippen LogP contribution in [0, 0.1) is 11.6 Å². The van der Waals surface area contributed by atoms with Gasteiger partial charge in [-0.3, -0.25) is 4.79 Å². The summed E-state index contributed by atoms with van der Waals surface area (Å²) in [7, 11) is -2.01. The van der Waals surface area contributed by atoms with Gasteiger partial charge in [-0.25, -0.2) is 8.78 Å². The highest BCUT2D eigenvalue weighted by molar-refractivity contribution is 6.58. The van der Waals surface area contributed by atoms with E-state index in [-0.39, 0.29) is 12.1 Å². The van der Waals surface area contributed by atoms with Gasteiger partial charge in [-0.1, -0.05) is 18.2 Å². The lowest BCUT2D eigenvalue weighted by Gasteiger charge is -2.08. The van der Waals surface area contributed by atoms with Gasteiger partial charge in [0.1, 0.15) is 11.6 Å². The van der Waals surface area contributed by atoms with Gasteiger partial charge in [0.05, 0.1) is 0 Å². The first kappa shape index (κ1) is 15.1. The van der Waals surface area contributed by atoms with Crippen LogP contribution in [0.1, 0.15) is 15.9 Å². The van der Waals surface area contributed by atoms with Crippen LogP contribution in [0.4, 0.5) is 8.78 Å². The number of rotatable bonds is 4. The Labute approximate surface area is 120 Å². The predicted molar refractivity (Wildman–Crippen MR) is 73.8 cm³/mol. The minimum Gasteiger partial charge on any atom is -0.423 e. The molecule has 2 aromatic rings. The number of hydrogen-bond donors (Lipinski definition) is 3. The van der Waals surface area contributed by atoms with E-state index in [0.29, 0.717) is 5.56 Å². The van der Waals surface area contributed by atoms with Crippen molar-refractivity contribution in [2.75, 3.05) is 0 Å². The minimum atomic E-state index is -2.01. The fraction of sp³-hybridized carbons (Fsp3) is 0.0714. The van der Waals surface area contributed by atoms with Crippen molar-refractivity contribution in [2.45, 2.75) is 6.54 Å². The first-order valence-corrected chi connectivity index (χ1v) is 6.16. The number of halogens is 2. The number of carbonyl (C=O) groups is 1. The second-order valence-electron chi connectivity index (χ2n) is 4.38. The van der Waals surface area contributed by atoms with Crippen LogP contribution in [0.3, 0.4) is 0 Å². The maximum Gasteiger partial charge on any atom is 0.491 e. The third kappa shape index (κ3) is 3.65. The van der Waals surface area contributed by atoms with Gasteiger partial charge in [0.25, 0.3) is 5.91 Å². The molecule has 0 spiro atoms. The summed E-state index contributed by atoms with van der Waals surface area (Å²) in [5, 5.41) is 20.5. The van der Waals surface area contributed by atoms with Gasteiger partial charge in [-0.2, -0.15) is 0 Å². The number of carbonyl (C=O) groups excluding carboxylic acids is 1. The van der Waals surface area contributed by atoms with E-state index < -0.39 is 30.1 Å². The molecule has 108 valence electrons. The zero-order chi connectivity index (χ0) is 15.4. The molecule has 0 heterocycles. The molecule has 0 saturated carbocycles. The van der Waals surface area contributed by atoms with Crippen molar-refractivity contribution < 1.29 is 23.6 Å². The van der Waals surface area contributed by atoms with E-state index >= 15 is 0 Å². The van der Waals surface area contributed by atoms with Gasteiger partial charge in [-0.15, -0.1) is 0 Å². The van der Waals surface area contributed by atoms with Crippen LogP contribution in [-0.2, 0) is 6.54 Å². The highest BCUT2D eigenvalue weighted by atomic mass is 19.1. The largest absolute Gasteiger partial charge is 0.491 e. The second-order valence-corrected chi connectivity index (χ2v) is 4.38. The number of nitrogens with one attached hydrogen (secondary N) is 1. The van der Waals surface area contributed by atoms with Crippen LogP contribution >= 0.6 is 0 Å². The summed E-state index contributed by atoms with van der Waals surface area (Å²) in [4.78, 5) is 11.9. The molecule has 7 heteroatoms. The molecule has 0 bridgehead atoms. The van der Waals surface area contributed by atoms with Gasteiger partial charge in [0.15, 0.2) is 0 Å². The van der Waals surface area contributed by atoms with Crippen LogP contribution in [0.15, 0.2) is 42.5 Å². The summed E-state index contributed by atoms with van der Waals surface area (Å²) < 4.78 is 26.7. The minimum absolute atomic E-state index is 0.0279. The summed E-state index contributed by atoms with van der Waals surface area (Å²) in [6.07, 6.45) is 0. The fourth-order valence-electron chi connectivity index (χ4n) is 1.80. The zero-order valence-electron chi connectivity index (χ0n) is 10.9. The van der Waals surface area contributed by atoms with Crippen molar-refractivity contribution in [2.24, 2.45) is 0 Å². The number of benzene rings is 2. The van der Waals surface area contributed by atoms with Crippen LogP contribution in [0.2, 0.25) is 0 Å². The van der Waals surface area contributed by atoms with E-state index in [1.165, 1.54) is 24.3 Å². The van der Waals surface area contributed by atoms with E-state index in [4.69, 9.17) is 10.0 Å². The monoisotopic (exact) mass is 291 g/mol. The Kier molecular flexibility index (Phi) is 4.67. The van der Waals surface area contributed by atoms with Crippen molar-refractivity contribution in [1.29, 1.82) is 0 Å². The molecule has 0 unspecified atom stereocenters. The lowest BCUT2D eigenvalue weighted by Crippen LogP contribution is -2.34. The maximum absolute atomic E-state index is 13.4. The van der Waals surface area contributed by atoms with E-state index in [9.17, 15) is 13.6 Å². The molecule has 0 radical (unpaired) electrons. The molecule has 0 saturated heterocycles. The van der Waals surface area contributed by atoms with Crippen molar-refractivity contribution in [3.05, 3.63) is 65.2 Å². The summed E-state index contributed by atoms with van der Waals surface area (Å²) in [5.41, 5.74) is -0.0280. The molecule has 2 aromatic carbocycles. The SMILES string of the molecule is O=C(NCc1ccccc1F)c1ccc(F)c(B(O)O)c1. The van der Waals surface area contributed by atoms with Gasteiger partial charge in [0, 0.05) is 23.1 Å². The van der Waals surface area contributed by atoms with Gasteiger partial charge < -0.3 is 15.4 Å². The third-order valence-corrected chi connectivity index (χ3v) is 2.93. The number of amides is 1. The average Bonchev–Trinajstić information content (AvgIpc) is 2.46. The zero-order valence-corrected chi connectivity index (χ0v) is 10.9. The molecule has 1 amide bonds. The first-order valence-electron chi connectivity index (χ1n) is 6.16. The molecule has 21 heavy (non-hydrogen) atoms. The van der Waals surface area contributed by atoms with Gasteiger partial charge in [-0.05, 0) is 24.3 Å². The van der Waals surface area contributed by atoms with Crippen molar-refractivity contribution in [3.8, 4) is 0 Å². The lowest BCUT2D eigenvalue weighted by molar-refractivity contribution is 0.0950. The van der Waals surface area contributed by atoms with E-state index in [1.54, 1.807) is 6.07 Å². The highest BCUT2D eigenvalue weighted by Crippen LogP contribution is 2.07. The topological polar surface area (TPSA) is 69.6 Å². The summed E-state index contributed by atoms with van der Waals surface area (Å²) in [6, 6.07) is 9.20. The van der Waals surface area contributed by atoms with E-state index in [1.807, 2.05) is 0 Å². The predicted octanol–water partition coefficient (Wildman–Crippen LogP) is 0.575. The Hall–Kier alpha value is -2.25. The lowest BCUT2D eigenvalue weighted by atomic mass is 9.79. The summed E-state index contributed by atoms with van der Waals surface area (Å²) in [5.74, 6) is -1.83. The molecular weight excluding hydrogens is 279 g/mol. The van der Waals surface area contributed by atoms with E-state index in [2.05, 4.69) is 5.32 Å². The molecule has 0 aromatic heterocycles. The normalized spacial score (nSPS) is 10.3. The Morgan fingerprint density at radius 2 is 1.81 bits per heavy atom. The maximum atomic E-state index is 13.4. The quantitative estimate of drug-likeness (QED) is 0.722. The Balaban J connectivity index is 2.11. The van der Waals surface area contributed by atoms with Crippen LogP contribution in [-0.4, -0.2) is 23.1 Å². The van der Waals surface area contributed by atoms with Gasteiger partial charge >= 0.3 is 7.12 Å².